The van der Waals surface area contributed by atoms with E-state index in [-0.39, 0.29) is 0 Å². The maximum Gasteiger partial charge on any atom is 0.186 e. The van der Waals surface area contributed by atoms with Crippen molar-refractivity contribution in [3.8, 4) is 0 Å². The van der Waals surface area contributed by atoms with Crippen LogP contribution in [0.5, 0.6) is 0 Å². The quantitative estimate of drug-likeness (QED) is 0.445. The van der Waals surface area contributed by atoms with Crippen LogP contribution < -0.4 is 0 Å². The van der Waals surface area contributed by atoms with Gasteiger partial charge in [-0.1, -0.05) is 22.6 Å². The molecule has 1 saturated heterocycles. The fourth-order valence-electron chi connectivity index (χ4n) is 1.24. The Bertz CT molecular complexity index is 147. The molecule has 1 aliphatic rings. The zero-order chi connectivity index (χ0) is 10.0. The van der Waals surface area contributed by atoms with E-state index < -0.39 is 30.7 Å². The molecule has 1 heterocycles. The Kier molecular flexibility index (Phi) is 4.33. The number of halogens is 1. The van der Waals surface area contributed by atoms with Crippen LogP contribution in [0.25, 0.3) is 0 Å². The molecule has 0 saturated carbocycles. The van der Waals surface area contributed by atoms with Crippen molar-refractivity contribution in [1.82, 2.24) is 0 Å². The van der Waals surface area contributed by atoms with E-state index in [1.807, 2.05) is 22.6 Å². The minimum Gasteiger partial charge on any atom is -0.388 e. The minimum atomic E-state index is -1.21. The molecule has 0 aliphatic carbocycles. The molecule has 0 aromatic heterocycles. The fraction of sp³-hybridized carbons (Fsp3) is 1.00. The van der Waals surface area contributed by atoms with Crippen LogP contribution in [0.3, 0.4) is 0 Å². The Balaban J connectivity index is 2.66. The van der Waals surface area contributed by atoms with E-state index in [9.17, 15) is 15.3 Å². The van der Waals surface area contributed by atoms with E-state index in [1.54, 1.807) is 0 Å². The lowest BCUT2D eigenvalue weighted by molar-refractivity contribution is -0.284. The molecule has 0 bridgehead atoms. The highest BCUT2D eigenvalue weighted by molar-refractivity contribution is 14.1. The van der Waals surface area contributed by atoms with Gasteiger partial charge in [0.1, 0.15) is 18.3 Å². The summed E-state index contributed by atoms with van der Waals surface area (Å²) in [6.07, 6.45) is -4.82. The molecule has 3 N–H and O–H groups in total. The molecule has 0 radical (unpaired) electrons. The molecule has 78 valence electrons. The van der Waals surface area contributed by atoms with Crippen molar-refractivity contribution in [2.45, 2.75) is 30.7 Å². The van der Waals surface area contributed by atoms with Gasteiger partial charge in [-0.15, -0.1) is 0 Å². The fourth-order valence-corrected chi connectivity index (χ4v) is 1.97. The molecule has 5 nitrogen and oxygen atoms in total. The van der Waals surface area contributed by atoms with Crippen molar-refractivity contribution in [3.63, 3.8) is 0 Å². The number of hydrogen-bond acceptors (Lipinski definition) is 5. The minimum absolute atomic E-state index is 0.496. The molecule has 6 heteroatoms. The molecule has 0 spiro atoms. The number of hydrogen-bond donors (Lipinski definition) is 3. The van der Waals surface area contributed by atoms with Gasteiger partial charge in [0.05, 0.1) is 6.10 Å². The van der Waals surface area contributed by atoms with Gasteiger partial charge in [-0.3, -0.25) is 0 Å². The maximum absolute atomic E-state index is 9.43. The highest BCUT2D eigenvalue weighted by Crippen LogP contribution is 2.22. The zero-order valence-electron chi connectivity index (χ0n) is 7.13. The Labute approximate surface area is 89.8 Å². The first-order valence-corrected chi connectivity index (χ1v) is 5.42. The second kappa shape index (κ2) is 4.85. The summed E-state index contributed by atoms with van der Waals surface area (Å²) in [5.41, 5.74) is 0. The van der Waals surface area contributed by atoms with Gasteiger partial charge in [-0.25, -0.2) is 0 Å². The average Bonchev–Trinajstić information content (AvgIpc) is 2.15. The lowest BCUT2D eigenvalue weighted by Gasteiger charge is -2.39. The van der Waals surface area contributed by atoms with Crippen molar-refractivity contribution in [1.29, 1.82) is 0 Å². The average molecular weight is 304 g/mol. The Morgan fingerprint density at radius 3 is 2.31 bits per heavy atom. The van der Waals surface area contributed by atoms with Crippen molar-refractivity contribution in [3.05, 3.63) is 0 Å². The summed E-state index contributed by atoms with van der Waals surface area (Å²) >= 11 is 2.03. The SMILES string of the molecule is CO[C@@H]1O[C@@H](CI)[C@@H](O)[C@@H](O)[C@@H]1O. The molecule has 0 aromatic rings. The highest BCUT2D eigenvalue weighted by atomic mass is 127. The van der Waals surface area contributed by atoms with Gasteiger partial charge in [0, 0.05) is 11.5 Å². The van der Waals surface area contributed by atoms with Crippen molar-refractivity contribution >= 4 is 22.6 Å². The van der Waals surface area contributed by atoms with Crippen molar-refractivity contribution < 1.29 is 24.8 Å². The van der Waals surface area contributed by atoms with E-state index in [0.717, 1.165) is 0 Å². The number of aliphatic hydroxyl groups is 3. The smallest absolute Gasteiger partial charge is 0.186 e. The predicted octanol–water partition coefficient (Wildman–Crippen LogP) is -1.12. The highest BCUT2D eigenvalue weighted by Gasteiger charge is 2.43. The zero-order valence-corrected chi connectivity index (χ0v) is 9.29. The summed E-state index contributed by atoms with van der Waals surface area (Å²) in [5.74, 6) is 0. The van der Waals surface area contributed by atoms with Crippen LogP contribution in [0.1, 0.15) is 0 Å². The summed E-state index contributed by atoms with van der Waals surface area (Å²) in [7, 11) is 1.38. The van der Waals surface area contributed by atoms with Gasteiger partial charge in [-0.05, 0) is 0 Å². The van der Waals surface area contributed by atoms with E-state index in [1.165, 1.54) is 7.11 Å². The standard InChI is InChI=1S/C7H13IO5/c1-12-7-6(11)5(10)4(9)3(2-8)13-7/h3-7,9-11H,2H2,1H3/t3-,4+,5+,6-,7+/m0/s1. The van der Waals surface area contributed by atoms with E-state index >= 15 is 0 Å². The number of methoxy groups -OCH3 is 1. The third-order valence-electron chi connectivity index (χ3n) is 2.05. The first kappa shape index (κ1) is 11.6. The number of alkyl halides is 1. The van der Waals surface area contributed by atoms with Crippen LogP contribution >= 0.6 is 22.6 Å². The molecular formula is C7H13IO5. The van der Waals surface area contributed by atoms with Gasteiger partial charge in [-0.2, -0.15) is 0 Å². The second-order valence-electron chi connectivity index (χ2n) is 2.90. The largest absolute Gasteiger partial charge is 0.388 e. The van der Waals surface area contributed by atoms with Crippen LogP contribution in [-0.4, -0.2) is 57.6 Å². The summed E-state index contributed by atoms with van der Waals surface area (Å²) < 4.78 is 10.5. The normalized spacial score (nSPS) is 46.4. The lowest BCUT2D eigenvalue weighted by Crippen LogP contribution is -2.58. The topological polar surface area (TPSA) is 79.2 Å². The number of rotatable bonds is 2. The Morgan fingerprint density at radius 2 is 1.85 bits per heavy atom. The van der Waals surface area contributed by atoms with Gasteiger partial charge in [0.2, 0.25) is 0 Å². The molecule has 1 aliphatic heterocycles. The summed E-state index contributed by atoms with van der Waals surface area (Å²) in [6, 6.07) is 0. The third kappa shape index (κ3) is 2.31. The van der Waals surface area contributed by atoms with Crippen LogP contribution in [0.15, 0.2) is 0 Å². The van der Waals surface area contributed by atoms with E-state index in [4.69, 9.17) is 9.47 Å². The number of aliphatic hydroxyl groups excluding tert-OH is 3. The van der Waals surface area contributed by atoms with Crippen LogP contribution in [0.4, 0.5) is 0 Å². The molecule has 1 rings (SSSR count). The van der Waals surface area contributed by atoms with Crippen LogP contribution in [0, 0.1) is 0 Å². The van der Waals surface area contributed by atoms with E-state index in [2.05, 4.69) is 0 Å². The molecule has 1 fully saturated rings. The summed E-state index contributed by atoms with van der Waals surface area (Å²) in [4.78, 5) is 0. The number of ether oxygens (including phenoxy) is 2. The van der Waals surface area contributed by atoms with Crippen LogP contribution in [0.2, 0.25) is 0 Å². The molecule has 5 atom stereocenters. The van der Waals surface area contributed by atoms with Gasteiger partial charge in [0.15, 0.2) is 6.29 Å². The van der Waals surface area contributed by atoms with Crippen LogP contribution in [-0.2, 0) is 9.47 Å². The predicted molar refractivity (Wildman–Crippen MR) is 52.6 cm³/mol. The molecule has 0 aromatic carbocycles. The van der Waals surface area contributed by atoms with Gasteiger partial charge < -0.3 is 24.8 Å². The van der Waals surface area contributed by atoms with Gasteiger partial charge >= 0.3 is 0 Å². The van der Waals surface area contributed by atoms with Gasteiger partial charge in [0.25, 0.3) is 0 Å². The Hall–Kier alpha value is 0.530. The van der Waals surface area contributed by atoms with Crippen molar-refractivity contribution in [2.75, 3.05) is 11.5 Å². The van der Waals surface area contributed by atoms with E-state index in [0.29, 0.717) is 4.43 Å². The first-order valence-electron chi connectivity index (χ1n) is 3.90. The lowest BCUT2D eigenvalue weighted by atomic mass is 10.0. The molecule has 13 heavy (non-hydrogen) atoms. The second-order valence-corrected chi connectivity index (χ2v) is 3.79. The molecule has 0 amide bonds. The Morgan fingerprint density at radius 1 is 1.23 bits per heavy atom. The van der Waals surface area contributed by atoms with Crippen molar-refractivity contribution in [2.24, 2.45) is 0 Å². The summed E-state index contributed by atoms with van der Waals surface area (Å²) in [5, 5.41) is 28.2. The third-order valence-corrected chi connectivity index (χ3v) is 2.92. The first-order chi connectivity index (χ1) is 6.11. The summed E-state index contributed by atoms with van der Waals surface area (Å²) in [6.45, 7) is 0. The monoisotopic (exact) mass is 304 g/mol. The molecule has 0 unspecified atom stereocenters. The maximum atomic E-state index is 9.43. The molecular weight excluding hydrogens is 291 g/mol.